The molecular formula is C52H51NO. The molecule has 6 aromatic rings. The van der Waals surface area contributed by atoms with Gasteiger partial charge in [-0.05, 0) is 149 Å². The molecule has 0 radical (unpaired) electrons. The fourth-order valence-corrected chi connectivity index (χ4v) is 12.5. The van der Waals surface area contributed by atoms with Crippen LogP contribution in [0.25, 0.3) is 21.9 Å². The van der Waals surface area contributed by atoms with Gasteiger partial charge in [-0.15, -0.1) is 0 Å². The molecule has 0 unspecified atom stereocenters. The van der Waals surface area contributed by atoms with Crippen molar-refractivity contribution < 1.29 is 4.74 Å². The van der Waals surface area contributed by atoms with Crippen LogP contribution < -0.4 is 9.64 Å². The second kappa shape index (κ2) is 11.6. The quantitative estimate of drug-likeness (QED) is 0.181. The van der Waals surface area contributed by atoms with E-state index in [4.69, 9.17) is 4.74 Å². The number of anilines is 3. The van der Waals surface area contributed by atoms with Crippen molar-refractivity contribution in [3.05, 3.63) is 150 Å². The summed E-state index contributed by atoms with van der Waals surface area (Å²) < 4.78 is 7.25. The van der Waals surface area contributed by atoms with Crippen molar-refractivity contribution >= 4 is 27.8 Å². The van der Waals surface area contributed by atoms with Gasteiger partial charge in [-0.1, -0.05) is 119 Å². The summed E-state index contributed by atoms with van der Waals surface area (Å²) >= 11 is 0. The van der Waals surface area contributed by atoms with Crippen LogP contribution in [0.1, 0.15) is 94.9 Å². The molecule has 6 aromatic carbocycles. The lowest BCUT2D eigenvalue weighted by Crippen LogP contribution is -2.57. The second-order valence-corrected chi connectivity index (χ2v) is 18.8. The lowest BCUT2D eigenvalue weighted by Gasteiger charge is -2.63. The second-order valence-electron chi connectivity index (χ2n) is 18.8. The minimum Gasteiger partial charge on any atom is -0.455 e. The zero-order valence-electron chi connectivity index (χ0n) is 32.2. The highest BCUT2D eigenvalue weighted by Gasteiger charge is 2.61. The third kappa shape index (κ3) is 4.64. The van der Waals surface area contributed by atoms with Gasteiger partial charge in [-0.25, -0.2) is 0 Å². The van der Waals surface area contributed by atoms with Gasteiger partial charge in [0.05, 0.1) is 5.69 Å². The molecular weight excluding hydrogens is 655 g/mol. The summed E-state index contributed by atoms with van der Waals surface area (Å²) in [6, 6.07) is 48.2. The molecule has 5 aliphatic carbocycles. The third-order valence-electron chi connectivity index (χ3n) is 15.0. The Morgan fingerprint density at radius 3 is 1.94 bits per heavy atom. The Morgan fingerprint density at radius 2 is 1.17 bits per heavy atom. The Hall–Kier alpha value is -4.82. The SMILES string of the molecule is CC1(C)CCC(C)(C)c2cc(N(c3ccc(-c4cccc5ccccc45)cc3)c3cccc4c3Oc3ccccc3C43C4CC5CC(C4)CC3C5)ccc21. The van der Waals surface area contributed by atoms with E-state index in [1.807, 2.05) is 0 Å². The molecule has 4 bridgehead atoms. The van der Waals surface area contributed by atoms with Gasteiger partial charge in [-0.2, -0.15) is 0 Å². The smallest absolute Gasteiger partial charge is 0.155 e. The van der Waals surface area contributed by atoms with E-state index in [1.165, 1.54) is 94.8 Å². The molecule has 0 saturated heterocycles. The molecule has 2 heteroatoms. The van der Waals surface area contributed by atoms with Crippen molar-refractivity contribution in [1.82, 2.24) is 0 Å². The summed E-state index contributed by atoms with van der Waals surface area (Å²) in [5.74, 6) is 5.21. The van der Waals surface area contributed by atoms with Gasteiger partial charge >= 0.3 is 0 Å². The lowest BCUT2D eigenvalue weighted by atomic mass is 9.42. The van der Waals surface area contributed by atoms with Gasteiger partial charge in [0.2, 0.25) is 0 Å². The first kappa shape index (κ1) is 32.6. The molecule has 6 aliphatic rings. The monoisotopic (exact) mass is 705 g/mol. The standard InChI is InChI=1S/C52H51NO/c1-50(2)25-26-51(3,4)46-32-40(23-24-43(46)50)53(39-21-19-36(20-22-39)42-14-9-12-35-11-5-6-13-41(35)42)47-17-10-16-45-49(47)54-48-18-8-7-15-44(48)52(45)37-28-33-27-34(30-37)31-38(52)29-33/h5-24,32-34,37-38H,25-31H2,1-4H3. The van der Waals surface area contributed by atoms with Gasteiger partial charge in [0.15, 0.2) is 5.75 Å². The number of fused-ring (bicyclic) bond motifs is 4. The number of hydrogen-bond donors (Lipinski definition) is 0. The summed E-state index contributed by atoms with van der Waals surface area (Å²) in [4.78, 5) is 2.52. The number of rotatable bonds is 4. The van der Waals surface area contributed by atoms with Crippen molar-refractivity contribution in [2.24, 2.45) is 23.7 Å². The Morgan fingerprint density at radius 1 is 0.537 bits per heavy atom. The molecule has 270 valence electrons. The van der Waals surface area contributed by atoms with Crippen LogP contribution in [-0.2, 0) is 16.2 Å². The van der Waals surface area contributed by atoms with E-state index in [2.05, 4.69) is 160 Å². The number of ether oxygens (including phenoxy) is 1. The van der Waals surface area contributed by atoms with E-state index in [0.29, 0.717) is 11.8 Å². The van der Waals surface area contributed by atoms with E-state index < -0.39 is 0 Å². The largest absolute Gasteiger partial charge is 0.455 e. The zero-order valence-corrected chi connectivity index (χ0v) is 32.2. The van der Waals surface area contributed by atoms with E-state index >= 15 is 0 Å². The molecule has 1 aliphatic heterocycles. The average Bonchev–Trinajstić information content (AvgIpc) is 3.18. The minimum absolute atomic E-state index is 0.000628. The van der Waals surface area contributed by atoms with E-state index in [-0.39, 0.29) is 16.2 Å². The minimum atomic E-state index is -0.000628. The fraction of sp³-hybridized carbons (Fsp3) is 0.346. The molecule has 2 nitrogen and oxygen atoms in total. The summed E-state index contributed by atoms with van der Waals surface area (Å²) in [7, 11) is 0. The molecule has 0 aromatic heterocycles. The van der Waals surface area contributed by atoms with Crippen molar-refractivity contribution in [1.29, 1.82) is 0 Å². The zero-order chi connectivity index (χ0) is 36.4. The van der Waals surface area contributed by atoms with Crippen LogP contribution in [0.3, 0.4) is 0 Å². The van der Waals surface area contributed by atoms with Crippen molar-refractivity contribution in [2.75, 3.05) is 4.90 Å². The maximum absolute atomic E-state index is 7.25. The van der Waals surface area contributed by atoms with Crippen LogP contribution in [0.5, 0.6) is 11.5 Å². The highest BCUT2D eigenvalue weighted by molar-refractivity contribution is 5.97. The first-order chi connectivity index (χ1) is 26.2. The first-order valence-electron chi connectivity index (χ1n) is 20.6. The predicted molar refractivity (Wildman–Crippen MR) is 224 cm³/mol. The molecule has 1 spiro atoms. The topological polar surface area (TPSA) is 12.5 Å². The van der Waals surface area contributed by atoms with Crippen LogP contribution in [0.15, 0.2) is 127 Å². The van der Waals surface area contributed by atoms with Gasteiger partial charge in [0.1, 0.15) is 5.75 Å². The highest BCUT2D eigenvalue weighted by Crippen LogP contribution is 2.69. The van der Waals surface area contributed by atoms with Crippen LogP contribution in [0.2, 0.25) is 0 Å². The normalized spacial score (nSPS) is 26.5. The van der Waals surface area contributed by atoms with E-state index in [0.717, 1.165) is 34.7 Å². The van der Waals surface area contributed by atoms with Crippen molar-refractivity contribution in [2.45, 2.75) is 88.9 Å². The van der Waals surface area contributed by atoms with Crippen molar-refractivity contribution in [3.63, 3.8) is 0 Å². The van der Waals surface area contributed by atoms with Gasteiger partial charge in [0.25, 0.3) is 0 Å². The summed E-state index contributed by atoms with van der Waals surface area (Å²) in [6.45, 7) is 9.73. The third-order valence-corrected chi connectivity index (χ3v) is 15.0. The maximum atomic E-state index is 7.25. The van der Waals surface area contributed by atoms with Crippen molar-refractivity contribution in [3.8, 4) is 22.6 Å². The molecule has 4 saturated carbocycles. The Bertz CT molecular complexity index is 2420. The molecule has 4 fully saturated rings. The fourth-order valence-electron chi connectivity index (χ4n) is 12.5. The Balaban J connectivity index is 1.12. The van der Waals surface area contributed by atoms with Gasteiger partial charge < -0.3 is 9.64 Å². The van der Waals surface area contributed by atoms with Gasteiger partial charge in [-0.3, -0.25) is 0 Å². The van der Waals surface area contributed by atoms with Crippen LogP contribution in [-0.4, -0.2) is 0 Å². The number of para-hydroxylation sites is 2. The number of benzene rings is 6. The average molecular weight is 706 g/mol. The Kier molecular flexibility index (Phi) is 7.00. The Labute approximate surface area is 321 Å². The molecule has 0 atom stereocenters. The predicted octanol–water partition coefficient (Wildman–Crippen LogP) is 14.2. The highest BCUT2D eigenvalue weighted by atomic mass is 16.5. The molecule has 0 N–H and O–H groups in total. The van der Waals surface area contributed by atoms with E-state index in [1.54, 1.807) is 0 Å². The molecule has 54 heavy (non-hydrogen) atoms. The van der Waals surface area contributed by atoms with Crippen LogP contribution >= 0.6 is 0 Å². The van der Waals surface area contributed by atoms with Gasteiger partial charge in [0, 0.05) is 27.9 Å². The summed E-state index contributed by atoms with van der Waals surface area (Å²) in [6.07, 6.45) is 9.23. The summed E-state index contributed by atoms with van der Waals surface area (Å²) in [5, 5.41) is 2.56. The maximum Gasteiger partial charge on any atom is 0.155 e. The van der Waals surface area contributed by atoms with E-state index in [9.17, 15) is 0 Å². The molecule has 12 rings (SSSR count). The van der Waals surface area contributed by atoms with Crippen LogP contribution in [0, 0.1) is 23.7 Å². The molecule has 1 heterocycles. The summed E-state index contributed by atoms with van der Waals surface area (Å²) in [5.41, 5.74) is 12.1. The molecule has 0 amide bonds. The number of hydrogen-bond acceptors (Lipinski definition) is 2. The number of nitrogens with zero attached hydrogens (tertiary/aromatic N) is 1. The lowest BCUT2D eigenvalue weighted by molar-refractivity contribution is -0.0451. The van der Waals surface area contributed by atoms with Crippen LogP contribution in [0.4, 0.5) is 17.1 Å². The first-order valence-corrected chi connectivity index (χ1v) is 20.6.